The van der Waals surface area contributed by atoms with Gasteiger partial charge in [-0.15, -0.1) is 0 Å². The van der Waals surface area contributed by atoms with E-state index >= 15 is 0 Å². The first-order valence-electron chi connectivity index (χ1n) is 8.11. The van der Waals surface area contributed by atoms with Crippen LogP contribution in [0.2, 0.25) is 0 Å². The lowest BCUT2D eigenvalue weighted by molar-refractivity contribution is -0.127. The molecule has 1 aromatic carbocycles. The number of halogens is 1. The maximum atomic E-state index is 13.0. The molecule has 0 saturated carbocycles. The van der Waals surface area contributed by atoms with Gasteiger partial charge in [0.1, 0.15) is 18.2 Å². The Morgan fingerprint density at radius 3 is 3.09 bits per heavy atom. The Morgan fingerprint density at radius 1 is 1.45 bits per heavy atom. The number of amides is 1. The second-order valence-electron chi connectivity index (χ2n) is 5.64. The van der Waals surface area contributed by atoms with Crippen molar-refractivity contribution in [2.45, 2.75) is 38.6 Å². The minimum Gasteiger partial charge on any atom is -0.492 e. The molecule has 1 N–H and O–H groups in total. The second-order valence-corrected chi connectivity index (χ2v) is 5.64. The van der Waals surface area contributed by atoms with Gasteiger partial charge in [0.15, 0.2) is 0 Å². The van der Waals surface area contributed by atoms with Crippen molar-refractivity contribution in [2.24, 2.45) is 0 Å². The highest BCUT2D eigenvalue weighted by molar-refractivity contribution is 5.81. The molecule has 1 aliphatic heterocycles. The zero-order valence-electron chi connectivity index (χ0n) is 13.2. The van der Waals surface area contributed by atoms with Gasteiger partial charge < -0.3 is 10.1 Å². The highest BCUT2D eigenvalue weighted by Crippen LogP contribution is 2.17. The number of benzene rings is 1. The predicted octanol–water partition coefficient (Wildman–Crippen LogP) is 2.59. The van der Waals surface area contributed by atoms with Gasteiger partial charge in [-0.2, -0.15) is 0 Å². The average molecular weight is 308 g/mol. The van der Waals surface area contributed by atoms with Crippen LogP contribution in [0.4, 0.5) is 4.39 Å². The van der Waals surface area contributed by atoms with E-state index in [1.807, 2.05) is 0 Å². The van der Waals surface area contributed by atoms with Crippen molar-refractivity contribution in [3.05, 3.63) is 30.1 Å². The molecule has 4 nitrogen and oxygen atoms in total. The second kappa shape index (κ2) is 8.73. The smallest absolute Gasteiger partial charge is 0.237 e. The Bertz CT molecular complexity index is 479. The lowest BCUT2D eigenvalue weighted by Gasteiger charge is -2.34. The maximum absolute atomic E-state index is 13.0. The normalized spacial score (nSPS) is 18.9. The summed E-state index contributed by atoms with van der Waals surface area (Å²) in [5, 5.41) is 2.93. The number of rotatable bonds is 7. The summed E-state index contributed by atoms with van der Waals surface area (Å²) in [6.07, 6.45) is 4.27. The van der Waals surface area contributed by atoms with E-state index < -0.39 is 0 Å². The van der Waals surface area contributed by atoms with Crippen LogP contribution in [0, 0.1) is 5.82 Å². The Balaban J connectivity index is 1.72. The van der Waals surface area contributed by atoms with E-state index in [0.717, 1.165) is 32.4 Å². The molecule has 1 amide bonds. The number of hydrogen-bond donors (Lipinski definition) is 1. The van der Waals surface area contributed by atoms with Crippen LogP contribution >= 0.6 is 0 Å². The van der Waals surface area contributed by atoms with Crippen molar-refractivity contribution in [3.63, 3.8) is 0 Å². The lowest BCUT2D eigenvalue weighted by Crippen LogP contribution is -2.50. The molecule has 1 saturated heterocycles. The number of likely N-dealkylation sites (tertiary alicyclic amines) is 1. The van der Waals surface area contributed by atoms with Crippen LogP contribution in [-0.4, -0.2) is 43.1 Å². The quantitative estimate of drug-likeness (QED) is 0.787. The molecular formula is C17H25FN2O2. The van der Waals surface area contributed by atoms with Crippen LogP contribution in [0.5, 0.6) is 5.75 Å². The molecule has 0 bridgehead atoms. The monoisotopic (exact) mass is 308 g/mol. The molecule has 0 aromatic heterocycles. The molecule has 5 heteroatoms. The van der Waals surface area contributed by atoms with Crippen LogP contribution in [0.15, 0.2) is 24.3 Å². The fourth-order valence-electron chi connectivity index (χ4n) is 2.86. The Labute approximate surface area is 131 Å². The molecule has 0 spiro atoms. The van der Waals surface area contributed by atoms with Gasteiger partial charge in [0.25, 0.3) is 0 Å². The molecule has 2 rings (SSSR count). The summed E-state index contributed by atoms with van der Waals surface area (Å²) in [7, 11) is 0. The van der Waals surface area contributed by atoms with Crippen LogP contribution in [0.1, 0.15) is 32.6 Å². The predicted molar refractivity (Wildman–Crippen MR) is 84.4 cm³/mol. The zero-order valence-corrected chi connectivity index (χ0v) is 13.2. The van der Waals surface area contributed by atoms with Crippen molar-refractivity contribution in [3.8, 4) is 5.75 Å². The highest BCUT2D eigenvalue weighted by Gasteiger charge is 2.27. The maximum Gasteiger partial charge on any atom is 0.237 e. The molecule has 1 atom stereocenters. The molecular weight excluding hydrogens is 283 g/mol. The van der Waals surface area contributed by atoms with Gasteiger partial charge in [0, 0.05) is 6.07 Å². The van der Waals surface area contributed by atoms with Gasteiger partial charge in [-0.25, -0.2) is 4.39 Å². The molecule has 1 aromatic rings. The van der Waals surface area contributed by atoms with Crippen molar-refractivity contribution in [1.29, 1.82) is 0 Å². The molecule has 22 heavy (non-hydrogen) atoms. The third-order valence-electron chi connectivity index (χ3n) is 3.89. The summed E-state index contributed by atoms with van der Waals surface area (Å²) in [5.41, 5.74) is 0. The molecule has 1 unspecified atom stereocenters. The van der Waals surface area contributed by atoms with Crippen LogP contribution in [-0.2, 0) is 4.79 Å². The molecule has 1 fully saturated rings. The summed E-state index contributed by atoms with van der Waals surface area (Å²) in [6.45, 7) is 4.89. The summed E-state index contributed by atoms with van der Waals surface area (Å²) in [5.74, 6) is 0.245. The standard InChI is InChI=1S/C17H25FN2O2/c1-2-10-20-11-4-3-8-16(20)17(21)19-9-12-22-15-7-5-6-14(18)13-15/h5-7,13,16H,2-4,8-12H2,1H3,(H,19,21). The first kappa shape index (κ1) is 16.7. The Morgan fingerprint density at radius 2 is 2.32 bits per heavy atom. The van der Waals surface area contributed by atoms with Gasteiger partial charge in [-0.1, -0.05) is 19.4 Å². The van der Waals surface area contributed by atoms with E-state index in [0.29, 0.717) is 18.9 Å². The van der Waals surface area contributed by atoms with E-state index in [9.17, 15) is 9.18 Å². The van der Waals surface area contributed by atoms with E-state index in [2.05, 4.69) is 17.1 Å². The molecule has 1 aliphatic rings. The van der Waals surface area contributed by atoms with Gasteiger partial charge in [0.05, 0.1) is 12.6 Å². The summed E-state index contributed by atoms with van der Waals surface area (Å²) in [6, 6.07) is 6.01. The summed E-state index contributed by atoms with van der Waals surface area (Å²) >= 11 is 0. The first-order chi connectivity index (χ1) is 10.7. The molecule has 122 valence electrons. The van der Waals surface area contributed by atoms with E-state index in [1.54, 1.807) is 12.1 Å². The number of nitrogens with zero attached hydrogens (tertiary/aromatic N) is 1. The topological polar surface area (TPSA) is 41.6 Å². The number of nitrogens with one attached hydrogen (secondary N) is 1. The van der Waals surface area contributed by atoms with Crippen molar-refractivity contribution >= 4 is 5.91 Å². The first-order valence-corrected chi connectivity index (χ1v) is 8.11. The van der Waals surface area contributed by atoms with Crippen LogP contribution < -0.4 is 10.1 Å². The molecule has 0 radical (unpaired) electrons. The summed E-state index contributed by atoms with van der Waals surface area (Å²) < 4.78 is 18.4. The van der Waals surface area contributed by atoms with Gasteiger partial charge >= 0.3 is 0 Å². The highest BCUT2D eigenvalue weighted by atomic mass is 19.1. The minimum atomic E-state index is -0.320. The van der Waals surface area contributed by atoms with Gasteiger partial charge in [0.2, 0.25) is 5.91 Å². The van der Waals surface area contributed by atoms with Crippen molar-refractivity contribution in [2.75, 3.05) is 26.2 Å². The van der Waals surface area contributed by atoms with E-state index in [4.69, 9.17) is 4.74 Å². The molecule has 1 heterocycles. The number of carbonyl (C=O) groups excluding carboxylic acids is 1. The Kier molecular flexibility index (Phi) is 6.65. The van der Waals surface area contributed by atoms with Gasteiger partial charge in [-0.05, 0) is 44.5 Å². The third kappa shape index (κ3) is 4.98. The molecule has 0 aliphatic carbocycles. The number of carbonyl (C=O) groups is 1. The Hall–Kier alpha value is -1.62. The number of piperidine rings is 1. The van der Waals surface area contributed by atoms with Crippen LogP contribution in [0.25, 0.3) is 0 Å². The van der Waals surface area contributed by atoms with E-state index in [1.165, 1.54) is 18.6 Å². The lowest BCUT2D eigenvalue weighted by atomic mass is 10.0. The van der Waals surface area contributed by atoms with Gasteiger partial charge in [-0.3, -0.25) is 9.69 Å². The fourth-order valence-corrected chi connectivity index (χ4v) is 2.86. The largest absolute Gasteiger partial charge is 0.492 e. The van der Waals surface area contributed by atoms with Crippen LogP contribution in [0.3, 0.4) is 0 Å². The third-order valence-corrected chi connectivity index (χ3v) is 3.89. The summed E-state index contributed by atoms with van der Waals surface area (Å²) in [4.78, 5) is 14.6. The SMILES string of the molecule is CCCN1CCCCC1C(=O)NCCOc1cccc(F)c1. The number of hydrogen-bond acceptors (Lipinski definition) is 3. The fraction of sp³-hybridized carbons (Fsp3) is 0.588. The minimum absolute atomic E-state index is 0.0112. The zero-order chi connectivity index (χ0) is 15.8. The van der Waals surface area contributed by atoms with E-state index in [-0.39, 0.29) is 17.8 Å². The van der Waals surface area contributed by atoms with Crippen molar-refractivity contribution < 1.29 is 13.9 Å². The number of ether oxygens (including phenoxy) is 1. The average Bonchev–Trinajstić information content (AvgIpc) is 2.52. The van der Waals surface area contributed by atoms with Crippen molar-refractivity contribution in [1.82, 2.24) is 10.2 Å².